The maximum Gasteiger partial charge on any atom is 0.129 e. The number of para-hydroxylation sites is 1. The van der Waals surface area contributed by atoms with Gasteiger partial charge < -0.3 is 10.1 Å². The number of nitrogens with two attached hydrogens (primary N) is 1. The average Bonchev–Trinajstić information content (AvgIpc) is 2.31. The molecule has 2 N–H and O–H groups in total. The Morgan fingerprint density at radius 2 is 1.87 bits per heavy atom. The van der Waals surface area contributed by atoms with E-state index in [0.717, 1.165) is 0 Å². The normalized spacial score (nSPS) is 26.5. The zero-order chi connectivity index (χ0) is 10.5. The summed E-state index contributed by atoms with van der Waals surface area (Å²) in [6.45, 7) is 0. The van der Waals surface area contributed by atoms with E-state index in [1.807, 2.05) is 7.11 Å². The summed E-state index contributed by atoms with van der Waals surface area (Å²) >= 11 is 0. The zero-order valence-electron chi connectivity index (χ0n) is 9.36. The molecule has 2 rings (SSSR count). The van der Waals surface area contributed by atoms with Gasteiger partial charge in [-0.25, -0.2) is 0 Å². The van der Waals surface area contributed by atoms with E-state index in [-0.39, 0.29) is 0 Å². The molecule has 0 radical (unpaired) electrons. The number of quaternary nitrogens is 1. The van der Waals surface area contributed by atoms with Crippen LogP contribution < -0.4 is 5.32 Å². The molecule has 1 aliphatic carbocycles. The Kier molecular flexibility index (Phi) is 3.75. The van der Waals surface area contributed by atoms with Crippen molar-refractivity contribution in [1.82, 2.24) is 0 Å². The molecule has 82 valence electrons. The number of rotatable bonds is 3. The van der Waals surface area contributed by atoms with Crippen LogP contribution in [0.5, 0.6) is 0 Å². The Balaban J connectivity index is 1.97. The lowest BCUT2D eigenvalue weighted by Crippen LogP contribution is -2.87. The van der Waals surface area contributed by atoms with Crippen LogP contribution in [0.1, 0.15) is 25.7 Å². The predicted octanol–water partition coefficient (Wildman–Crippen LogP) is 1.84. The first kappa shape index (κ1) is 10.7. The van der Waals surface area contributed by atoms with Crippen LogP contribution in [-0.4, -0.2) is 19.3 Å². The molecular formula is C13H20NO+. The van der Waals surface area contributed by atoms with Gasteiger partial charge in [0, 0.05) is 13.5 Å². The number of hydrogen-bond acceptors (Lipinski definition) is 1. The quantitative estimate of drug-likeness (QED) is 0.750. The van der Waals surface area contributed by atoms with Crippen molar-refractivity contribution in [2.45, 2.75) is 37.8 Å². The Bertz CT molecular complexity index is 286. The molecule has 0 aromatic heterocycles. The second kappa shape index (κ2) is 5.29. The first-order chi connectivity index (χ1) is 7.40. The fraction of sp³-hybridized carbons (Fsp3) is 0.538. The minimum atomic E-state index is 0.430. The van der Waals surface area contributed by atoms with Gasteiger partial charge in [0.1, 0.15) is 17.8 Å². The van der Waals surface area contributed by atoms with Crippen molar-refractivity contribution in [2.24, 2.45) is 0 Å². The maximum atomic E-state index is 5.54. The summed E-state index contributed by atoms with van der Waals surface area (Å²) in [5.41, 5.74) is 1.33. The summed E-state index contributed by atoms with van der Waals surface area (Å²) in [5.74, 6) is 0. The maximum absolute atomic E-state index is 5.54. The number of benzene rings is 1. The van der Waals surface area contributed by atoms with Gasteiger partial charge in [-0.15, -0.1) is 0 Å². The topological polar surface area (TPSA) is 25.8 Å². The Labute approximate surface area is 91.6 Å². The SMILES string of the molecule is CO[C@H]1CCCC[C@@H]1[NH2+]c1ccccc1. The molecule has 0 bridgehead atoms. The fourth-order valence-corrected chi connectivity index (χ4v) is 2.42. The van der Waals surface area contributed by atoms with Gasteiger partial charge in [0.25, 0.3) is 0 Å². The van der Waals surface area contributed by atoms with Gasteiger partial charge >= 0.3 is 0 Å². The standard InChI is InChI=1S/C13H19NO/c1-15-13-10-6-5-9-12(13)14-11-7-3-2-4-8-11/h2-4,7-8,12-14H,5-6,9-10H2,1H3/p+1/t12-,13-/m0/s1. The third-order valence-corrected chi connectivity index (χ3v) is 3.26. The molecule has 1 aliphatic rings. The molecule has 2 atom stereocenters. The van der Waals surface area contributed by atoms with Crippen molar-refractivity contribution in [3.63, 3.8) is 0 Å². The number of hydrogen-bond donors (Lipinski definition) is 1. The van der Waals surface area contributed by atoms with Gasteiger partial charge in [0.05, 0.1) is 0 Å². The van der Waals surface area contributed by atoms with E-state index in [9.17, 15) is 0 Å². The van der Waals surface area contributed by atoms with Crippen molar-refractivity contribution in [2.75, 3.05) is 7.11 Å². The summed E-state index contributed by atoms with van der Waals surface area (Å²) in [4.78, 5) is 0. The van der Waals surface area contributed by atoms with Gasteiger partial charge in [-0.2, -0.15) is 0 Å². The molecule has 15 heavy (non-hydrogen) atoms. The molecule has 2 nitrogen and oxygen atoms in total. The van der Waals surface area contributed by atoms with E-state index >= 15 is 0 Å². The minimum Gasteiger partial charge on any atom is -0.375 e. The van der Waals surface area contributed by atoms with E-state index in [4.69, 9.17) is 4.74 Å². The largest absolute Gasteiger partial charge is 0.375 e. The van der Waals surface area contributed by atoms with Crippen molar-refractivity contribution in [3.05, 3.63) is 30.3 Å². The summed E-state index contributed by atoms with van der Waals surface area (Å²) in [7, 11) is 1.84. The Morgan fingerprint density at radius 1 is 1.13 bits per heavy atom. The molecule has 1 fully saturated rings. The van der Waals surface area contributed by atoms with Crippen LogP contribution in [0.3, 0.4) is 0 Å². The molecule has 0 heterocycles. The highest BCUT2D eigenvalue weighted by molar-refractivity contribution is 5.27. The molecule has 0 unspecified atom stereocenters. The van der Waals surface area contributed by atoms with Crippen LogP contribution in [0.4, 0.5) is 5.69 Å². The van der Waals surface area contributed by atoms with Crippen LogP contribution in [0.25, 0.3) is 0 Å². The molecule has 0 aliphatic heterocycles. The monoisotopic (exact) mass is 206 g/mol. The smallest absolute Gasteiger partial charge is 0.129 e. The van der Waals surface area contributed by atoms with E-state index in [1.165, 1.54) is 31.4 Å². The van der Waals surface area contributed by atoms with Crippen molar-refractivity contribution in [1.29, 1.82) is 0 Å². The summed E-state index contributed by atoms with van der Waals surface area (Å²) in [6.07, 6.45) is 5.57. The molecular weight excluding hydrogens is 186 g/mol. The Hall–Kier alpha value is -0.860. The predicted molar refractivity (Wildman–Crippen MR) is 61.1 cm³/mol. The van der Waals surface area contributed by atoms with Crippen LogP contribution in [-0.2, 0) is 4.74 Å². The molecule has 1 aromatic rings. The lowest BCUT2D eigenvalue weighted by Gasteiger charge is -2.28. The van der Waals surface area contributed by atoms with Crippen molar-refractivity contribution < 1.29 is 10.1 Å². The molecule has 1 saturated carbocycles. The zero-order valence-corrected chi connectivity index (χ0v) is 9.36. The van der Waals surface area contributed by atoms with Gasteiger partial charge in [0.2, 0.25) is 0 Å². The molecule has 2 heteroatoms. The molecule has 1 aromatic carbocycles. The van der Waals surface area contributed by atoms with Crippen LogP contribution in [0.2, 0.25) is 0 Å². The summed E-state index contributed by atoms with van der Waals surface area (Å²) < 4.78 is 5.54. The molecule has 0 saturated heterocycles. The lowest BCUT2D eigenvalue weighted by molar-refractivity contribution is -0.623. The number of methoxy groups -OCH3 is 1. The van der Waals surface area contributed by atoms with Gasteiger partial charge in [-0.3, -0.25) is 0 Å². The lowest BCUT2D eigenvalue weighted by atomic mass is 9.92. The van der Waals surface area contributed by atoms with Gasteiger partial charge in [-0.05, 0) is 25.0 Å². The van der Waals surface area contributed by atoms with Crippen LogP contribution >= 0.6 is 0 Å². The van der Waals surface area contributed by atoms with E-state index in [1.54, 1.807) is 0 Å². The average molecular weight is 206 g/mol. The minimum absolute atomic E-state index is 0.430. The van der Waals surface area contributed by atoms with E-state index in [2.05, 4.69) is 35.6 Å². The summed E-state index contributed by atoms with van der Waals surface area (Å²) in [6, 6.07) is 11.2. The highest BCUT2D eigenvalue weighted by Gasteiger charge is 2.27. The van der Waals surface area contributed by atoms with Gasteiger partial charge in [0.15, 0.2) is 0 Å². The molecule has 0 amide bonds. The third-order valence-electron chi connectivity index (χ3n) is 3.26. The van der Waals surface area contributed by atoms with Gasteiger partial charge in [-0.1, -0.05) is 24.6 Å². The fourth-order valence-electron chi connectivity index (χ4n) is 2.42. The Morgan fingerprint density at radius 3 is 2.60 bits per heavy atom. The van der Waals surface area contributed by atoms with Crippen molar-refractivity contribution in [3.8, 4) is 0 Å². The van der Waals surface area contributed by atoms with Crippen molar-refractivity contribution >= 4 is 5.69 Å². The third kappa shape index (κ3) is 2.80. The first-order valence-electron chi connectivity index (χ1n) is 5.83. The van der Waals surface area contributed by atoms with E-state index in [0.29, 0.717) is 12.1 Å². The van der Waals surface area contributed by atoms with Crippen LogP contribution in [0.15, 0.2) is 30.3 Å². The highest BCUT2D eigenvalue weighted by Crippen LogP contribution is 2.19. The number of ether oxygens (including phenoxy) is 1. The second-order valence-corrected chi connectivity index (χ2v) is 4.30. The highest BCUT2D eigenvalue weighted by atomic mass is 16.5. The molecule has 0 spiro atoms. The van der Waals surface area contributed by atoms with Crippen LogP contribution in [0, 0.1) is 0 Å². The first-order valence-corrected chi connectivity index (χ1v) is 5.83. The summed E-state index contributed by atoms with van der Waals surface area (Å²) in [5, 5.41) is 2.37. The second-order valence-electron chi connectivity index (χ2n) is 4.30. The van der Waals surface area contributed by atoms with E-state index < -0.39 is 0 Å².